The number of aryl methyl sites for hydroxylation is 1. The molecule has 0 spiro atoms. The SMILES string of the molecule is Cc1nn(CC(=O)Nc2ccc(Cl)c([N+](=O)[O-])c2)c(C)c1S(=O)(=O)N1CCOCC1. The van der Waals surface area contributed by atoms with Crippen LogP contribution in [0.2, 0.25) is 5.02 Å². The molecule has 13 heteroatoms. The van der Waals surface area contributed by atoms with Crippen molar-refractivity contribution in [1.29, 1.82) is 0 Å². The first kappa shape index (κ1) is 22.2. The summed E-state index contributed by atoms with van der Waals surface area (Å²) in [5, 5.41) is 17.7. The fourth-order valence-electron chi connectivity index (χ4n) is 3.19. The van der Waals surface area contributed by atoms with Crippen LogP contribution in [0, 0.1) is 24.0 Å². The maximum atomic E-state index is 13.0. The van der Waals surface area contributed by atoms with Gasteiger partial charge in [0.15, 0.2) is 0 Å². The minimum absolute atomic E-state index is 0.0468. The standard InChI is InChI=1S/C17H20ClN5O6S/c1-11-17(30(27,28)21-5-7-29-8-6-21)12(2)22(20-11)10-16(24)19-13-3-4-14(18)15(9-13)23(25)26/h3-4,9H,5-8,10H2,1-2H3,(H,19,24). The van der Waals surface area contributed by atoms with E-state index in [1.54, 1.807) is 13.8 Å². The summed E-state index contributed by atoms with van der Waals surface area (Å²) in [6, 6.07) is 3.89. The molecular formula is C17H20ClN5O6S. The summed E-state index contributed by atoms with van der Waals surface area (Å²) in [6.45, 7) is 4.03. The van der Waals surface area contributed by atoms with Crippen LogP contribution in [0.3, 0.4) is 0 Å². The molecule has 0 radical (unpaired) electrons. The van der Waals surface area contributed by atoms with Crippen LogP contribution in [0.25, 0.3) is 0 Å². The van der Waals surface area contributed by atoms with E-state index in [-0.39, 0.29) is 46.6 Å². The van der Waals surface area contributed by atoms with E-state index in [1.807, 2.05) is 0 Å². The predicted octanol–water partition coefficient (Wildman–Crippen LogP) is 1.72. The van der Waals surface area contributed by atoms with Crippen molar-refractivity contribution in [3.8, 4) is 0 Å². The Balaban J connectivity index is 1.79. The van der Waals surface area contributed by atoms with Crippen LogP contribution in [0.15, 0.2) is 23.1 Å². The van der Waals surface area contributed by atoms with Gasteiger partial charge in [0.1, 0.15) is 16.5 Å². The van der Waals surface area contributed by atoms with Crippen LogP contribution >= 0.6 is 11.6 Å². The first-order valence-electron chi connectivity index (χ1n) is 8.97. The van der Waals surface area contributed by atoms with Crippen molar-refractivity contribution >= 4 is 38.9 Å². The van der Waals surface area contributed by atoms with Gasteiger partial charge in [0.25, 0.3) is 5.69 Å². The van der Waals surface area contributed by atoms with Gasteiger partial charge in [-0.3, -0.25) is 19.6 Å². The Bertz CT molecular complexity index is 1090. The normalized spacial score (nSPS) is 15.2. The summed E-state index contributed by atoms with van der Waals surface area (Å²) in [6.07, 6.45) is 0. The quantitative estimate of drug-likeness (QED) is 0.515. The Labute approximate surface area is 177 Å². The molecule has 11 nitrogen and oxygen atoms in total. The molecule has 0 bridgehead atoms. The van der Waals surface area contributed by atoms with Gasteiger partial charge in [-0.1, -0.05) is 11.6 Å². The van der Waals surface area contributed by atoms with Crippen LogP contribution in [0.4, 0.5) is 11.4 Å². The van der Waals surface area contributed by atoms with Gasteiger partial charge in [0.05, 0.1) is 29.5 Å². The van der Waals surface area contributed by atoms with Gasteiger partial charge in [-0.2, -0.15) is 9.40 Å². The number of anilines is 1. The highest BCUT2D eigenvalue weighted by Gasteiger charge is 2.32. The highest BCUT2D eigenvalue weighted by Crippen LogP contribution is 2.28. The van der Waals surface area contributed by atoms with E-state index in [0.717, 1.165) is 6.07 Å². The number of carbonyl (C=O) groups excluding carboxylic acids is 1. The Morgan fingerprint density at radius 2 is 2.00 bits per heavy atom. The summed E-state index contributed by atoms with van der Waals surface area (Å²) in [4.78, 5) is 22.8. The number of aromatic nitrogens is 2. The first-order valence-corrected chi connectivity index (χ1v) is 10.8. The van der Waals surface area contributed by atoms with Gasteiger partial charge >= 0.3 is 0 Å². The largest absolute Gasteiger partial charge is 0.379 e. The molecular weight excluding hydrogens is 438 g/mol. The lowest BCUT2D eigenvalue weighted by Crippen LogP contribution is -2.41. The van der Waals surface area contributed by atoms with E-state index in [2.05, 4.69) is 10.4 Å². The third kappa shape index (κ3) is 4.46. The van der Waals surface area contributed by atoms with Crippen LogP contribution in [0.1, 0.15) is 11.4 Å². The van der Waals surface area contributed by atoms with E-state index >= 15 is 0 Å². The Morgan fingerprint density at radius 1 is 1.33 bits per heavy atom. The first-order chi connectivity index (χ1) is 14.1. The minimum Gasteiger partial charge on any atom is -0.379 e. The molecule has 0 atom stereocenters. The topological polar surface area (TPSA) is 137 Å². The maximum absolute atomic E-state index is 13.0. The van der Waals surface area contributed by atoms with Gasteiger partial charge in [-0.05, 0) is 26.0 Å². The van der Waals surface area contributed by atoms with Gasteiger partial charge in [0, 0.05) is 24.8 Å². The van der Waals surface area contributed by atoms with Gasteiger partial charge in [-0.25, -0.2) is 8.42 Å². The summed E-state index contributed by atoms with van der Waals surface area (Å²) in [5.74, 6) is -0.521. The van der Waals surface area contributed by atoms with E-state index < -0.39 is 20.9 Å². The zero-order chi connectivity index (χ0) is 22.1. The number of nitro groups is 1. The van der Waals surface area contributed by atoms with Crippen molar-refractivity contribution < 1.29 is 22.9 Å². The van der Waals surface area contributed by atoms with Crippen molar-refractivity contribution in [1.82, 2.24) is 14.1 Å². The second kappa shape index (κ2) is 8.68. The summed E-state index contributed by atoms with van der Waals surface area (Å²) in [5.41, 5.74) is 0.475. The molecule has 2 heterocycles. The van der Waals surface area contributed by atoms with Crippen LogP contribution in [0.5, 0.6) is 0 Å². The lowest BCUT2D eigenvalue weighted by atomic mass is 10.3. The number of nitrogens with one attached hydrogen (secondary N) is 1. The summed E-state index contributed by atoms with van der Waals surface area (Å²) in [7, 11) is -3.77. The fraction of sp³-hybridized carbons (Fsp3) is 0.412. The van der Waals surface area contributed by atoms with Crippen molar-refractivity contribution in [3.05, 3.63) is 44.7 Å². The van der Waals surface area contributed by atoms with E-state index in [1.165, 1.54) is 21.1 Å². The number of hydrogen-bond donors (Lipinski definition) is 1. The highest BCUT2D eigenvalue weighted by atomic mass is 35.5. The molecule has 1 N–H and O–H groups in total. The number of ether oxygens (including phenoxy) is 1. The third-order valence-corrected chi connectivity index (χ3v) is 7.07. The lowest BCUT2D eigenvalue weighted by molar-refractivity contribution is -0.384. The van der Waals surface area contributed by atoms with Gasteiger partial charge < -0.3 is 10.1 Å². The van der Waals surface area contributed by atoms with E-state index in [4.69, 9.17) is 16.3 Å². The molecule has 1 aromatic heterocycles. The lowest BCUT2D eigenvalue weighted by Gasteiger charge is -2.26. The zero-order valence-corrected chi connectivity index (χ0v) is 17.9. The van der Waals surface area contributed by atoms with Crippen molar-refractivity contribution in [3.63, 3.8) is 0 Å². The minimum atomic E-state index is -3.77. The van der Waals surface area contributed by atoms with E-state index in [9.17, 15) is 23.3 Å². The number of morpholine rings is 1. The Morgan fingerprint density at radius 3 is 2.63 bits per heavy atom. The molecule has 30 heavy (non-hydrogen) atoms. The van der Waals surface area contributed by atoms with Crippen LogP contribution in [-0.2, 0) is 26.1 Å². The number of rotatable bonds is 6. The average Bonchev–Trinajstić information content (AvgIpc) is 2.97. The molecule has 1 aliphatic rings. The highest BCUT2D eigenvalue weighted by molar-refractivity contribution is 7.89. The molecule has 1 amide bonds. The molecule has 1 aliphatic heterocycles. The number of nitrogens with zero attached hydrogens (tertiary/aromatic N) is 4. The summed E-state index contributed by atoms with van der Waals surface area (Å²) < 4.78 is 33.8. The number of benzene rings is 1. The predicted molar refractivity (Wildman–Crippen MR) is 108 cm³/mol. The molecule has 0 aliphatic carbocycles. The van der Waals surface area contributed by atoms with Crippen LogP contribution < -0.4 is 5.32 Å². The number of sulfonamides is 1. The second-order valence-electron chi connectivity index (χ2n) is 6.65. The monoisotopic (exact) mass is 457 g/mol. The molecule has 3 rings (SSSR count). The maximum Gasteiger partial charge on any atom is 0.289 e. The van der Waals surface area contributed by atoms with Crippen molar-refractivity contribution in [2.45, 2.75) is 25.3 Å². The Kier molecular flexibility index (Phi) is 6.41. The molecule has 162 valence electrons. The van der Waals surface area contributed by atoms with Gasteiger partial charge in [0.2, 0.25) is 15.9 Å². The molecule has 2 aromatic rings. The molecule has 1 fully saturated rings. The van der Waals surface area contributed by atoms with Crippen molar-refractivity contribution in [2.24, 2.45) is 0 Å². The Hall–Kier alpha value is -2.54. The van der Waals surface area contributed by atoms with E-state index in [0.29, 0.717) is 18.9 Å². The zero-order valence-electron chi connectivity index (χ0n) is 16.3. The molecule has 0 saturated carbocycles. The van der Waals surface area contributed by atoms with Gasteiger partial charge in [-0.15, -0.1) is 0 Å². The smallest absolute Gasteiger partial charge is 0.289 e. The third-order valence-electron chi connectivity index (χ3n) is 4.60. The summed E-state index contributed by atoms with van der Waals surface area (Å²) >= 11 is 5.77. The number of carbonyl (C=O) groups is 1. The number of nitro benzene ring substituents is 1. The van der Waals surface area contributed by atoms with Crippen molar-refractivity contribution in [2.75, 3.05) is 31.6 Å². The fourth-order valence-corrected chi connectivity index (χ4v) is 5.16. The average molecular weight is 458 g/mol. The number of amides is 1. The number of hydrogen-bond acceptors (Lipinski definition) is 7. The molecule has 1 saturated heterocycles. The molecule has 0 unspecified atom stereocenters. The number of halogens is 1. The van der Waals surface area contributed by atoms with Crippen LogP contribution in [-0.4, -0.2) is 59.6 Å². The molecule has 1 aromatic carbocycles. The second-order valence-corrected chi connectivity index (χ2v) is 8.93.